The quantitative estimate of drug-likeness (QED) is 0.884. The Morgan fingerprint density at radius 3 is 2.62 bits per heavy atom. The van der Waals surface area contributed by atoms with E-state index in [4.69, 9.17) is 11.6 Å². The van der Waals surface area contributed by atoms with Gasteiger partial charge in [-0.2, -0.15) is 0 Å². The Morgan fingerprint density at radius 2 is 2.05 bits per heavy atom. The van der Waals surface area contributed by atoms with Gasteiger partial charge in [0.1, 0.15) is 0 Å². The Bertz CT molecular complexity index is 542. The first kappa shape index (κ1) is 16.3. The van der Waals surface area contributed by atoms with Gasteiger partial charge in [0.2, 0.25) is 5.91 Å². The molecule has 21 heavy (non-hydrogen) atoms. The van der Waals surface area contributed by atoms with Gasteiger partial charge in [0.25, 0.3) is 5.91 Å². The topological polar surface area (TPSA) is 49.4 Å². The number of rotatable bonds is 3. The summed E-state index contributed by atoms with van der Waals surface area (Å²) in [5, 5.41) is 3.51. The lowest BCUT2D eigenvalue weighted by Crippen LogP contribution is -2.46. The fraction of sp³-hybridized carbons (Fsp3) is 0.467. The molecule has 0 aliphatic carbocycles. The van der Waals surface area contributed by atoms with Crippen LogP contribution in [-0.4, -0.2) is 35.8 Å². The summed E-state index contributed by atoms with van der Waals surface area (Å²) >= 11 is 9.34. The lowest BCUT2D eigenvalue weighted by molar-refractivity contribution is -0.121. The summed E-state index contributed by atoms with van der Waals surface area (Å²) in [5.41, 5.74) is 0.597. The van der Waals surface area contributed by atoms with E-state index in [9.17, 15) is 9.59 Å². The van der Waals surface area contributed by atoms with Crippen LogP contribution in [0.25, 0.3) is 0 Å². The normalized spacial score (nSPS) is 15.9. The summed E-state index contributed by atoms with van der Waals surface area (Å²) in [6.07, 6.45) is 2.08. The van der Waals surface area contributed by atoms with Crippen molar-refractivity contribution in [1.29, 1.82) is 0 Å². The van der Waals surface area contributed by atoms with Gasteiger partial charge in [0.15, 0.2) is 0 Å². The van der Waals surface area contributed by atoms with E-state index >= 15 is 0 Å². The molecule has 1 heterocycles. The third-order valence-electron chi connectivity index (χ3n) is 3.63. The molecule has 1 aliphatic rings. The molecule has 114 valence electrons. The fourth-order valence-corrected chi connectivity index (χ4v) is 2.80. The average molecular weight is 374 g/mol. The minimum Gasteiger partial charge on any atom is -0.353 e. The predicted octanol–water partition coefficient (Wildman–Crippen LogP) is 3.23. The second kappa shape index (κ2) is 7.27. The molecule has 0 unspecified atom stereocenters. The van der Waals surface area contributed by atoms with E-state index in [-0.39, 0.29) is 17.9 Å². The highest BCUT2D eigenvalue weighted by atomic mass is 79.9. The molecule has 6 heteroatoms. The zero-order valence-corrected chi connectivity index (χ0v) is 14.2. The summed E-state index contributed by atoms with van der Waals surface area (Å²) in [6, 6.07) is 5.40. The van der Waals surface area contributed by atoms with Crippen LogP contribution in [0.1, 0.15) is 36.5 Å². The second-order valence-electron chi connectivity index (χ2n) is 5.12. The van der Waals surface area contributed by atoms with Crippen LogP contribution in [0.2, 0.25) is 5.02 Å². The van der Waals surface area contributed by atoms with E-state index in [2.05, 4.69) is 21.2 Å². The molecule has 2 rings (SSSR count). The molecule has 1 aliphatic heterocycles. The van der Waals surface area contributed by atoms with Crippen LogP contribution >= 0.6 is 27.5 Å². The van der Waals surface area contributed by atoms with Crippen molar-refractivity contribution in [3.63, 3.8) is 0 Å². The maximum absolute atomic E-state index is 12.4. The molecule has 0 aromatic heterocycles. The number of hydrogen-bond donors (Lipinski definition) is 1. The fourth-order valence-electron chi connectivity index (χ4n) is 2.37. The van der Waals surface area contributed by atoms with Gasteiger partial charge in [-0.05, 0) is 47.0 Å². The highest BCUT2D eigenvalue weighted by Crippen LogP contribution is 2.24. The first-order valence-electron chi connectivity index (χ1n) is 7.05. The zero-order chi connectivity index (χ0) is 15.4. The largest absolute Gasteiger partial charge is 0.353 e. The summed E-state index contributed by atoms with van der Waals surface area (Å²) in [7, 11) is 0. The summed E-state index contributed by atoms with van der Waals surface area (Å²) < 4.78 is 0.779. The Hall–Kier alpha value is -1.07. The molecule has 1 aromatic carbocycles. The number of nitrogens with one attached hydrogen (secondary N) is 1. The molecule has 0 saturated carbocycles. The van der Waals surface area contributed by atoms with E-state index in [0.717, 1.165) is 17.3 Å². The van der Waals surface area contributed by atoms with Crippen molar-refractivity contribution in [2.24, 2.45) is 0 Å². The van der Waals surface area contributed by atoms with Crippen LogP contribution in [-0.2, 0) is 4.79 Å². The highest BCUT2D eigenvalue weighted by Gasteiger charge is 2.24. The van der Waals surface area contributed by atoms with E-state index in [1.165, 1.54) is 0 Å². The Labute approximate surface area is 138 Å². The molecule has 0 atom stereocenters. The SMILES string of the molecule is CCC(=O)NC1CCN(C(=O)c2ccc(Br)c(Cl)c2)CC1. The van der Waals surface area contributed by atoms with Gasteiger partial charge in [-0.1, -0.05) is 18.5 Å². The Kier molecular flexibility index (Phi) is 5.65. The monoisotopic (exact) mass is 372 g/mol. The number of hydrogen-bond acceptors (Lipinski definition) is 2. The van der Waals surface area contributed by atoms with Gasteiger partial charge >= 0.3 is 0 Å². The number of likely N-dealkylation sites (tertiary alicyclic amines) is 1. The van der Waals surface area contributed by atoms with Gasteiger partial charge in [0.05, 0.1) is 5.02 Å². The molecule has 1 aromatic rings. The van der Waals surface area contributed by atoms with Crippen LogP contribution in [0.5, 0.6) is 0 Å². The number of carbonyl (C=O) groups excluding carboxylic acids is 2. The smallest absolute Gasteiger partial charge is 0.253 e. The van der Waals surface area contributed by atoms with Crippen molar-refractivity contribution in [3.05, 3.63) is 33.3 Å². The van der Waals surface area contributed by atoms with Crippen LogP contribution in [0.4, 0.5) is 0 Å². The maximum atomic E-state index is 12.4. The van der Waals surface area contributed by atoms with Crippen LogP contribution in [0.15, 0.2) is 22.7 Å². The molecule has 0 bridgehead atoms. The van der Waals surface area contributed by atoms with Crippen LogP contribution < -0.4 is 5.32 Å². The van der Waals surface area contributed by atoms with Crippen molar-refractivity contribution < 1.29 is 9.59 Å². The Balaban J connectivity index is 1.93. The van der Waals surface area contributed by atoms with Crippen molar-refractivity contribution in [2.45, 2.75) is 32.2 Å². The van der Waals surface area contributed by atoms with Crippen molar-refractivity contribution >= 4 is 39.3 Å². The molecule has 0 spiro atoms. The third-order valence-corrected chi connectivity index (χ3v) is 4.87. The molecular weight excluding hydrogens is 356 g/mol. The predicted molar refractivity (Wildman–Crippen MR) is 86.5 cm³/mol. The molecule has 1 saturated heterocycles. The zero-order valence-electron chi connectivity index (χ0n) is 11.9. The highest BCUT2D eigenvalue weighted by molar-refractivity contribution is 9.10. The third kappa shape index (κ3) is 4.20. The first-order chi connectivity index (χ1) is 10.0. The minimum absolute atomic E-state index is 0.00957. The van der Waals surface area contributed by atoms with E-state index in [1.54, 1.807) is 18.2 Å². The first-order valence-corrected chi connectivity index (χ1v) is 8.22. The lowest BCUT2D eigenvalue weighted by Gasteiger charge is -2.32. The van der Waals surface area contributed by atoms with Gasteiger partial charge in [-0.15, -0.1) is 0 Å². The summed E-state index contributed by atoms with van der Waals surface area (Å²) in [6.45, 7) is 3.15. The van der Waals surface area contributed by atoms with Gasteiger partial charge in [-0.3, -0.25) is 9.59 Å². The van der Waals surface area contributed by atoms with Gasteiger partial charge in [-0.25, -0.2) is 0 Å². The number of amides is 2. The number of piperidine rings is 1. The standard InChI is InChI=1S/C15H18BrClN2O2/c1-2-14(20)18-11-5-7-19(8-6-11)15(21)10-3-4-12(16)13(17)9-10/h3-4,9,11H,2,5-8H2,1H3,(H,18,20). The summed E-state index contributed by atoms with van der Waals surface area (Å²) in [4.78, 5) is 25.6. The van der Waals surface area contributed by atoms with Crippen molar-refractivity contribution in [2.75, 3.05) is 13.1 Å². The van der Waals surface area contributed by atoms with E-state index in [1.807, 2.05) is 11.8 Å². The van der Waals surface area contributed by atoms with Gasteiger partial charge < -0.3 is 10.2 Å². The number of nitrogens with zero attached hydrogens (tertiary/aromatic N) is 1. The Morgan fingerprint density at radius 1 is 1.38 bits per heavy atom. The van der Waals surface area contributed by atoms with Crippen LogP contribution in [0, 0.1) is 0 Å². The van der Waals surface area contributed by atoms with E-state index in [0.29, 0.717) is 30.1 Å². The second-order valence-corrected chi connectivity index (χ2v) is 6.38. The minimum atomic E-state index is -0.00957. The van der Waals surface area contributed by atoms with Gasteiger partial charge in [0, 0.05) is 35.6 Å². The number of benzene rings is 1. The maximum Gasteiger partial charge on any atom is 0.253 e. The van der Waals surface area contributed by atoms with E-state index < -0.39 is 0 Å². The average Bonchev–Trinajstić information content (AvgIpc) is 2.50. The molecule has 1 N–H and O–H groups in total. The molecule has 0 radical (unpaired) electrons. The molecule has 2 amide bonds. The van der Waals surface area contributed by atoms with Crippen molar-refractivity contribution in [1.82, 2.24) is 10.2 Å². The molecular formula is C15H18BrClN2O2. The lowest BCUT2D eigenvalue weighted by atomic mass is 10.0. The number of halogens is 2. The van der Waals surface area contributed by atoms with Crippen LogP contribution in [0.3, 0.4) is 0 Å². The molecule has 1 fully saturated rings. The molecule has 4 nitrogen and oxygen atoms in total. The summed E-state index contributed by atoms with van der Waals surface area (Å²) in [5.74, 6) is 0.0594. The van der Waals surface area contributed by atoms with Crippen molar-refractivity contribution in [3.8, 4) is 0 Å². The number of carbonyl (C=O) groups is 2.